The lowest BCUT2D eigenvalue weighted by atomic mass is 10.0. The SMILES string of the molecule is CCC(C)(OC)c1nc(-c2ccccc2N)no1. The van der Waals surface area contributed by atoms with E-state index in [1.54, 1.807) is 13.2 Å². The van der Waals surface area contributed by atoms with Crippen LogP contribution in [0, 0.1) is 0 Å². The minimum absolute atomic E-state index is 0.464. The fraction of sp³-hybridized carbons (Fsp3) is 0.385. The molecule has 0 radical (unpaired) electrons. The number of hydrogen-bond donors (Lipinski definition) is 1. The van der Waals surface area contributed by atoms with Crippen molar-refractivity contribution in [2.75, 3.05) is 12.8 Å². The van der Waals surface area contributed by atoms with E-state index in [1.165, 1.54) is 0 Å². The van der Waals surface area contributed by atoms with E-state index in [0.717, 1.165) is 12.0 Å². The highest BCUT2D eigenvalue weighted by molar-refractivity contribution is 5.70. The van der Waals surface area contributed by atoms with Crippen LogP contribution < -0.4 is 5.73 Å². The van der Waals surface area contributed by atoms with Crippen LogP contribution in [0.15, 0.2) is 28.8 Å². The normalized spacial score (nSPS) is 14.4. The van der Waals surface area contributed by atoms with Gasteiger partial charge in [0.2, 0.25) is 5.82 Å². The molecular formula is C13H17N3O2. The van der Waals surface area contributed by atoms with Gasteiger partial charge in [-0.1, -0.05) is 24.2 Å². The Morgan fingerprint density at radius 1 is 1.39 bits per heavy atom. The van der Waals surface area contributed by atoms with Crippen LogP contribution in [0.25, 0.3) is 11.4 Å². The molecule has 1 aromatic carbocycles. The Kier molecular flexibility index (Phi) is 3.34. The van der Waals surface area contributed by atoms with Crippen molar-refractivity contribution < 1.29 is 9.26 Å². The first-order valence-corrected chi connectivity index (χ1v) is 5.85. The second-order valence-electron chi connectivity index (χ2n) is 4.30. The summed E-state index contributed by atoms with van der Waals surface area (Å²) < 4.78 is 10.7. The van der Waals surface area contributed by atoms with Crippen LogP contribution in [0.3, 0.4) is 0 Å². The molecule has 2 N–H and O–H groups in total. The first kappa shape index (κ1) is 12.6. The van der Waals surface area contributed by atoms with E-state index in [4.69, 9.17) is 15.0 Å². The van der Waals surface area contributed by atoms with E-state index in [1.807, 2.05) is 32.0 Å². The van der Waals surface area contributed by atoms with Crippen LogP contribution in [0.2, 0.25) is 0 Å². The number of anilines is 1. The van der Waals surface area contributed by atoms with Crippen LogP contribution in [-0.2, 0) is 10.3 Å². The summed E-state index contributed by atoms with van der Waals surface area (Å²) in [7, 11) is 1.63. The van der Waals surface area contributed by atoms with Crippen LogP contribution in [0.5, 0.6) is 0 Å². The Bertz CT molecular complexity index is 533. The minimum Gasteiger partial charge on any atom is -0.398 e. The molecule has 1 heterocycles. The van der Waals surface area contributed by atoms with Crippen LogP contribution in [0.1, 0.15) is 26.2 Å². The Morgan fingerprint density at radius 2 is 2.11 bits per heavy atom. The maximum atomic E-state index is 5.88. The molecule has 2 aromatic rings. The van der Waals surface area contributed by atoms with Gasteiger partial charge in [0.1, 0.15) is 5.60 Å². The highest BCUT2D eigenvalue weighted by Crippen LogP contribution is 2.29. The van der Waals surface area contributed by atoms with Crippen molar-refractivity contribution in [3.63, 3.8) is 0 Å². The van der Waals surface area contributed by atoms with Crippen LogP contribution >= 0.6 is 0 Å². The smallest absolute Gasteiger partial charge is 0.258 e. The van der Waals surface area contributed by atoms with Crippen molar-refractivity contribution in [2.45, 2.75) is 25.9 Å². The molecule has 0 saturated carbocycles. The van der Waals surface area contributed by atoms with E-state index < -0.39 is 5.60 Å². The summed E-state index contributed by atoms with van der Waals surface area (Å²) in [5, 5.41) is 3.96. The molecule has 1 unspecified atom stereocenters. The lowest BCUT2D eigenvalue weighted by Gasteiger charge is -2.21. The molecular weight excluding hydrogens is 230 g/mol. The topological polar surface area (TPSA) is 74.2 Å². The van der Waals surface area contributed by atoms with Gasteiger partial charge >= 0.3 is 0 Å². The quantitative estimate of drug-likeness (QED) is 0.840. The number of nitrogens with two attached hydrogens (primary N) is 1. The third kappa shape index (κ3) is 2.09. The summed E-state index contributed by atoms with van der Waals surface area (Å²) in [6.45, 7) is 3.92. The van der Waals surface area contributed by atoms with Crippen LogP contribution in [0.4, 0.5) is 5.69 Å². The van der Waals surface area contributed by atoms with Crippen molar-refractivity contribution in [3.05, 3.63) is 30.2 Å². The zero-order valence-electron chi connectivity index (χ0n) is 10.8. The number of nitrogens with zero attached hydrogens (tertiary/aromatic N) is 2. The highest BCUT2D eigenvalue weighted by Gasteiger charge is 2.31. The number of hydrogen-bond acceptors (Lipinski definition) is 5. The molecule has 96 valence electrons. The summed E-state index contributed by atoms with van der Waals surface area (Å²) in [5.74, 6) is 0.950. The van der Waals surface area contributed by atoms with E-state index in [2.05, 4.69) is 10.1 Å². The lowest BCUT2D eigenvalue weighted by molar-refractivity contribution is -0.0272. The number of ether oxygens (including phenoxy) is 1. The molecule has 0 saturated heterocycles. The van der Waals surface area contributed by atoms with E-state index in [0.29, 0.717) is 17.4 Å². The zero-order valence-corrected chi connectivity index (χ0v) is 10.8. The second kappa shape index (κ2) is 4.78. The van der Waals surface area contributed by atoms with E-state index in [9.17, 15) is 0 Å². The molecule has 0 aliphatic heterocycles. The maximum Gasteiger partial charge on any atom is 0.258 e. The molecule has 0 aliphatic carbocycles. The Balaban J connectivity index is 2.40. The molecule has 5 heteroatoms. The first-order chi connectivity index (χ1) is 8.60. The molecule has 0 spiro atoms. The van der Waals surface area contributed by atoms with Gasteiger partial charge in [0, 0.05) is 18.4 Å². The molecule has 0 bridgehead atoms. The number of methoxy groups -OCH3 is 1. The molecule has 5 nitrogen and oxygen atoms in total. The van der Waals surface area contributed by atoms with Gasteiger partial charge in [-0.05, 0) is 25.5 Å². The van der Waals surface area contributed by atoms with Gasteiger partial charge in [-0.25, -0.2) is 0 Å². The van der Waals surface area contributed by atoms with Gasteiger partial charge in [0.25, 0.3) is 5.89 Å². The van der Waals surface area contributed by atoms with Gasteiger partial charge in [0.05, 0.1) is 0 Å². The fourth-order valence-electron chi connectivity index (χ4n) is 1.63. The lowest BCUT2D eigenvalue weighted by Crippen LogP contribution is -2.23. The second-order valence-corrected chi connectivity index (χ2v) is 4.30. The molecule has 1 aromatic heterocycles. The molecule has 18 heavy (non-hydrogen) atoms. The van der Waals surface area contributed by atoms with Crippen LogP contribution in [-0.4, -0.2) is 17.3 Å². The summed E-state index contributed by atoms with van der Waals surface area (Å²) in [5.41, 5.74) is 6.71. The van der Waals surface area contributed by atoms with Gasteiger partial charge in [0.15, 0.2) is 0 Å². The van der Waals surface area contributed by atoms with Crippen molar-refractivity contribution in [1.29, 1.82) is 0 Å². The predicted octanol–water partition coefficient (Wildman–Crippen LogP) is 2.59. The maximum absolute atomic E-state index is 5.88. The van der Waals surface area contributed by atoms with Crippen molar-refractivity contribution in [1.82, 2.24) is 10.1 Å². The summed E-state index contributed by atoms with van der Waals surface area (Å²) in [4.78, 5) is 4.37. The van der Waals surface area contributed by atoms with E-state index >= 15 is 0 Å². The Hall–Kier alpha value is -1.88. The third-order valence-corrected chi connectivity index (χ3v) is 3.21. The number of nitrogen functional groups attached to an aromatic ring is 1. The van der Waals surface area contributed by atoms with Gasteiger partial charge < -0.3 is 15.0 Å². The standard InChI is InChI=1S/C13H17N3O2/c1-4-13(2,17-3)12-15-11(16-18-12)9-7-5-6-8-10(9)14/h5-8H,4,14H2,1-3H3. The molecule has 0 amide bonds. The summed E-state index contributed by atoms with van der Waals surface area (Å²) in [6, 6.07) is 7.42. The largest absolute Gasteiger partial charge is 0.398 e. The Morgan fingerprint density at radius 3 is 2.72 bits per heavy atom. The van der Waals surface area contributed by atoms with Gasteiger partial charge in [-0.3, -0.25) is 0 Å². The highest BCUT2D eigenvalue weighted by atomic mass is 16.5. The number of aromatic nitrogens is 2. The first-order valence-electron chi connectivity index (χ1n) is 5.85. The van der Waals surface area contributed by atoms with Crippen molar-refractivity contribution >= 4 is 5.69 Å². The minimum atomic E-state index is -0.561. The number of para-hydroxylation sites is 1. The average molecular weight is 247 g/mol. The molecule has 1 atom stereocenters. The summed E-state index contributed by atoms with van der Waals surface area (Å²) in [6.07, 6.45) is 0.745. The summed E-state index contributed by atoms with van der Waals surface area (Å²) >= 11 is 0. The molecule has 0 aliphatic rings. The zero-order chi connectivity index (χ0) is 13.2. The molecule has 0 fully saturated rings. The predicted molar refractivity (Wildman–Crippen MR) is 68.8 cm³/mol. The van der Waals surface area contributed by atoms with Crippen molar-refractivity contribution in [3.8, 4) is 11.4 Å². The fourth-order valence-corrected chi connectivity index (χ4v) is 1.63. The number of benzene rings is 1. The average Bonchev–Trinajstić information content (AvgIpc) is 2.88. The third-order valence-electron chi connectivity index (χ3n) is 3.21. The monoisotopic (exact) mass is 247 g/mol. The van der Waals surface area contributed by atoms with Crippen molar-refractivity contribution in [2.24, 2.45) is 0 Å². The number of rotatable bonds is 4. The van der Waals surface area contributed by atoms with Gasteiger partial charge in [-0.15, -0.1) is 0 Å². The Labute approximate surface area is 106 Å². The van der Waals surface area contributed by atoms with Gasteiger partial charge in [-0.2, -0.15) is 4.98 Å². The molecule has 2 rings (SSSR count). The van der Waals surface area contributed by atoms with E-state index in [-0.39, 0.29) is 0 Å².